The second kappa shape index (κ2) is 5.59. The van der Waals surface area contributed by atoms with Gasteiger partial charge in [0.25, 0.3) is 5.91 Å². The van der Waals surface area contributed by atoms with Crippen molar-refractivity contribution in [3.05, 3.63) is 24.1 Å². The van der Waals surface area contributed by atoms with E-state index in [4.69, 9.17) is 4.74 Å². The molecule has 0 spiro atoms. The van der Waals surface area contributed by atoms with E-state index in [1.54, 1.807) is 0 Å². The number of ether oxygens (including phenoxy) is 1. The van der Waals surface area contributed by atoms with Gasteiger partial charge in [-0.05, 0) is 18.8 Å². The Balaban J connectivity index is 2.69. The van der Waals surface area contributed by atoms with Gasteiger partial charge in [-0.3, -0.25) is 4.79 Å². The van der Waals surface area contributed by atoms with Gasteiger partial charge in [0.2, 0.25) is 0 Å². The molecule has 0 aromatic rings. The molecule has 1 saturated heterocycles. The normalized spacial score (nSPS) is 21.1. The molecule has 1 aliphatic rings. The molecule has 0 aromatic carbocycles. The van der Waals surface area contributed by atoms with Crippen molar-refractivity contribution in [3.63, 3.8) is 0 Å². The van der Waals surface area contributed by atoms with Crippen molar-refractivity contribution in [2.75, 3.05) is 6.61 Å². The van der Waals surface area contributed by atoms with Crippen LogP contribution in [0.1, 0.15) is 33.1 Å². The van der Waals surface area contributed by atoms with Gasteiger partial charge in [0.05, 0.1) is 5.70 Å². The molecule has 1 amide bonds. The van der Waals surface area contributed by atoms with Crippen LogP contribution in [0.25, 0.3) is 0 Å². The fourth-order valence-corrected chi connectivity index (χ4v) is 1.63. The maximum Gasteiger partial charge on any atom is 0.262 e. The van der Waals surface area contributed by atoms with Crippen LogP contribution in [0.3, 0.4) is 0 Å². The van der Waals surface area contributed by atoms with Crippen molar-refractivity contribution >= 4 is 5.91 Å². The number of allylic oxidation sites excluding steroid dienone is 1. The molecule has 1 aliphatic heterocycles. The lowest BCUT2D eigenvalue weighted by molar-refractivity contribution is -0.125. The molecule has 0 radical (unpaired) electrons. The highest BCUT2D eigenvalue weighted by atomic mass is 16.5. The molecule has 1 unspecified atom stereocenters. The lowest BCUT2D eigenvalue weighted by atomic mass is 9.99. The summed E-state index contributed by atoms with van der Waals surface area (Å²) in [5, 5.41) is 2.79. The maximum absolute atomic E-state index is 11.1. The summed E-state index contributed by atoms with van der Waals surface area (Å²) < 4.78 is 5.15. The van der Waals surface area contributed by atoms with E-state index in [9.17, 15) is 4.79 Å². The molecule has 3 heteroatoms. The Morgan fingerprint density at radius 3 is 2.93 bits per heavy atom. The van der Waals surface area contributed by atoms with Crippen LogP contribution in [0.2, 0.25) is 0 Å². The number of carbonyl (C=O) groups excluding carboxylic acids is 1. The third-order valence-electron chi connectivity index (χ3n) is 2.54. The quantitative estimate of drug-likeness (QED) is 0.772. The Hall–Kier alpha value is -1.25. The molecule has 0 aromatic heterocycles. The molecule has 15 heavy (non-hydrogen) atoms. The van der Waals surface area contributed by atoms with Crippen LogP contribution in [0.4, 0.5) is 0 Å². The topological polar surface area (TPSA) is 38.3 Å². The molecular formula is C12H19NO2. The van der Waals surface area contributed by atoms with E-state index in [-0.39, 0.29) is 12.5 Å². The minimum atomic E-state index is -0.0972. The SMILES string of the molecule is C=C1OCC(=O)N/C1=C\C(CC)CCC. The zero-order chi connectivity index (χ0) is 11.3. The van der Waals surface area contributed by atoms with E-state index in [0.717, 1.165) is 25.0 Å². The van der Waals surface area contributed by atoms with Crippen molar-refractivity contribution < 1.29 is 9.53 Å². The lowest BCUT2D eigenvalue weighted by Crippen LogP contribution is -2.33. The van der Waals surface area contributed by atoms with Crippen molar-refractivity contribution in [3.8, 4) is 0 Å². The average molecular weight is 209 g/mol. The molecule has 1 fully saturated rings. The van der Waals surface area contributed by atoms with Crippen LogP contribution in [0, 0.1) is 5.92 Å². The third kappa shape index (κ3) is 3.42. The second-order valence-electron chi connectivity index (χ2n) is 3.80. The van der Waals surface area contributed by atoms with Crippen molar-refractivity contribution in [2.24, 2.45) is 5.92 Å². The fourth-order valence-electron chi connectivity index (χ4n) is 1.63. The van der Waals surface area contributed by atoms with E-state index in [2.05, 4.69) is 31.8 Å². The van der Waals surface area contributed by atoms with Crippen LogP contribution in [0.5, 0.6) is 0 Å². The number of hydrogen-bond acceptors (Lipinski definition) is 2. The van der Waals surface area contributed by atoms with Gasteiger partial charge in [0.15, 0.2) is 6.61 Å². The van der Waals surface area contributed by atoms with Crippen LogP contribution < -0.4 is 5.32 Å². The highest BCUT2D eigenvalue weighted by Crippen LogP contribution is 2.19. The van der Waals surface area contributed by atoms with Crippen LogP contribution in [-0.2, 0) is 9.53 Å². The first-order chi connectivity index (χ1) is 7.17. The first-order valence-corrected chi connectivity index (χ1v) is 5.51. The van der Waals surface area contributed by atoms with Gasteiger partial charge in [0.1, 0.15) is 5.76 Å². The predicted octanol–water partition coefficient (Wildman–Crippen LogP) is 2.36. The van der Waals surface area contributed by atoms with E-state index in [1.165, 1.54) is 0 Å². The molecule has 0 aliphatic carbocycles. The highest BCUT2D eigenvalue weighted by molar-refractivity contribution is 5.81. The van der Waals surface area contributed by atoms with Crippen molar-refractivity contribution in [1.82, 2.24) is 5.32 Å². The summed E-state index contributed by atoms with van der Waals surface area (Å²) in [7, 11) is 0. The molecule has 0 bridgehead atoms. The molecule has 3 nitrogen and oxygen atoms in total. The highest BCUT2D eigenvalue weighted by Gasteiger charge is 2.17. The Bertz CT molecular complexity index is 281. The zero-order valence-corrected chi connectivity index (χ0v) is 9.51. The third-order valence-corrected chi connectivity index (χ3v) is 2.54. The largest absolute Gasteiger partial charge is 0.482 e. The van der Waals surface area contributed by atoms with Gasteiger partial charge in [-0.1, -0.05) is 32.9 Å². The number of nitrogens with one attached hydrogen (secondary N) is 1. The molecule has 1 atom stereocenters. The fraction of sp³-hybridized carbons (Fsp3) is 0.583. The standard InChI is InChI=1S/C12H19NO2/c1-4-6-10(5-2)7-11-9(3)15-8-12(14)13-11/h7,10H,3-6,8H2,1-2H3,(H,13,14)/b11-7-. The van der Waals surface area contributed by atoms with Gasteiger partial charge in [0, 0.05) is 0 Å². The molecule has 84 valence electrons. The van der Waals surface area contributed by atoms with Gasteiger partial charge >= 0.3 is 0 Å². The van der Waals surface area contributed by atoms with E-state index in [1.807, 2.05) is 0 Å². The summed E-state index contributed by atoms with van der Waals surface area (Å²) in [6, 6.07) is 0. The minimum absolute atomic E-state index is 0.0841. The van der Waals surface area contributed by atoms with Crippen molar-refractivity contribution in [1.29, 1.82) is 0 Å². The van der Waals surface area contributed by atoms with Gasteiger partial charge in [-0.2, -0.15) is 0 Å². The molecule has 1 N–H and O–H groups in total. The Morgan fingerprint density at radius 1 is 1.60 bits per heavy atom. The summed E-state index contributed by atoms with van der Waals surface area (Å²) in [6.07, 6.45) is 5.40. The number of amides is 1. The Labute approximate surface area is 91.2 Å². The van der Waals surface area contributed by atoms with Gasteiger partial charge in [-0.25, -0.2) is 0 Å². The Morgan fingerprint density at radius 2 is 2.33 bits per heavy atom. The first-order valence-electron chi connectivity index (χ1n) is 5.51. The summed E-state index contributed by atoms with van der Waals surface area (Å²) in [5.41, 5.74) is 0.742. The summed E-state index contributed by atoms with van der Waals surface area (Å²) in [6.45, 7) is 8.16. The van der Waals surface area contributed by atoms with Gasteiger partial charge in [-0.15, -0.1) is 0 Å². The zero-order valence-electron chi connectivity index (χ0n) is 9.51. The summed E-state index contributed by atoms with van der Waals surface area (Å²) in [5.74, 6) is 0.966. The van der Waals surface area contributed by atoms with Crippen LogP contribution in [-0.4, -0.2) is 12.5 Å². The predicted molar refractivity (Wildman–Crippen MR) is 60.0 cm³/mol. The average Bonchev–Trinajstić information content (AvgIpc) is 2.22. The summed E-state index contributed by atoms with van der Waals surface area (Å²) >= 11 is 0. The summed E-state index contributed by atoms with van der Waals surface area (Å²) in [4.78, 5) is 11.1. The Kier molecular flexibility index (Phi) is 4.40. The molecule has 1 heterocycles. The maximum atomic E-state index is 11.1. The smallest absolute Gasteiger partial charge is 0.262 e. The minimum Gasteiger partial charge on any atom is -0.482 e. The molecule has 0 saturated carbocycles. The first kappa shape index (κ1) is 11.8. The van der Waals surface area contributed by atoms with Crippen LogP contribution >= 0.6 is 0 Å². The van der Waals surface area contributed by atoms with Crippen molar-refractivity contribution in [2.45, 2.75) is 33.1 Å². The monoisotopic (exact) mass is 209 g/mol. The van der Waals surface area contributed by atoms with E-state index >= 15 is 0 Å². The number of hydrogen-bond donors (Lipinski definition) is 1. The number of carbonyl (C=O) groups is 1. The number of rotatable bonds is 4. The lowest BCUT2D eigenvalue weighted by Gasteiger charge is -2.21. The molecular weight excluding hydrogens is 190 g/mol. The second-order valence-corrected chi connectivity index (χ2v) is 3.80. The van der Waals surface area contributed by atoms with E-state index < -0.39 is 0 Å². The van der Waals surface area contributed by atoms with Crippen LogP contribution in [0.15, 0.2) is 24.1 Å². The molecule has 1 rings (SSSR count). The number of morpholine rings is 1. The van der Waals surface area contributed by atoms with Gasteiger partial charge < -0.3 is 10.1 Å². The van der Waals surface area contributed by atoms with E-state index in [0.29, 0.717) is 11.7 Å².